The van der Waals surface area contributed by atoms with Gasteiger partial charge in [-0.25, -0.2) is 4.39 Å². The summed E-state index contributed by atoms with van der Waals surface area (Å²) in [6.07, 6.45) is 2.00. The van der Waals surface area contributed by atoms with Gasteiger partial charge < -0.3 is 4.90 Å². The molecule has 0 atom stereocenters. The van der Waals surface area contributed by atoms with Gasteiger partial charge in [0.05, 0.1) is 0 Å². The molecule has 27 heavy (non-hydrogen) atoms. The Morgan fingerprint density at radius 3 is 2.63 bits per heavy atom. The predicted molar refractivity (Wildman–Crippen MR) is 105 cm³/mol. The maximum absolute atomic E-state index is 14.1. The predicted octanol–water partition coefficient (Wildman–Crippen LogP) is 4.03. The molecule has 1 saturated heterocycles. The second kappa shape index (κ2) is 7.08. The minimum Gasteiger partial charge on any atom is -0.338 e. The first-order valence-electron chi connectivity index (χ1n) is 9.78. The number of benzene rings is 2. The fourth-order valence-electron chi connectivity index (χ4n) is 4.74. The Kier molecular flexibility index (Phi) is 4.77. The maximum atomic E-state index is 14.1. The van der Waals surface area contributed by atoms with Gasteiger partial charge in [0, 0.05) is 37.5 Å². The van der Waals surface area contributed by atoms with Crippen LogP contribution >= 0.6 is 0 Å². The molecule has 0 radical (unpaired) electrons. The lowest BCUT2D eigenvalue weighted by Gasteiger charge is -2.48. The van der Waals surface area contributed by atoms with Gasteiger partial charge in [-0.2, -0.15) is 0 Å². The van der Waals surface area contributed by atoms with E-state index in [1.807, 2.05) is 24.0 Å². The summed E-state index contributed by atoms with van der Waals surface area (Å²) in [6.45, 7) is 7.68. The third-order valence-corrected chi connectivity index (χ3v) is 6.30. The number of carbonyl (C=O) groups excluding carboxylic acids is 1. The van der Waals surface area contributed by atoms with Crippen molar-refractivity contribution in [3.05, 3.63) is 70.5 Å². The highest BCUT2D eigenvalue weighted by atomic mass is 19.1. The molecule has 2 aliphatic heterocycles. The number of nitrogens with zero attached hydrogens (tertiary/aromatic N) is 2. The monoisotopic (exact) mass is 366 g/mol. The van der Waals surface area contributed by atoms with E-state index in [4.69, 9.17) is 0 Å². The van der Waals surface area contributed by atoms with Gasteiger partial charge in [-0.05, 0) is 50.0 Å². The van der Waals surface area contributed by atoms with Gasteiger partial charge in [-0.3, -0.25) is 9.69 Å². The number of fused-ring (bicyclic) bond motifs is 2. The molecule has 1 amide bonds. The van der Waals surface area contributed by atoms with E-state index in [2.05, 4.69) is 29.2 Å². The highest BCUT2D eigenvalue weighted by molar-refractivity contribution is 5.74. The van der Waals surface area contributed by atoms with E-state index in [9.17, 15) is 9.18 Å². The summed E-state index contributed by atoms with van der Waals surface area (Å²) in [5.41, 5.74) is 4.59. The summed E-state index contributed by atoms with van der Waals surface area (Å²) in [6, 6.07) is 13.9. The largest absolute Gasteiger partial charge is 0.338 e. The molecule has 1 spiro atoms. The summed E-state index contributed by atoms with van der Waals surface area (Å²) in [5, 5.41) is 0. The standard InChI is InChI=1S/C23H27FN2O/c1-17-7-8-22(24)20(13-17)14-25-11-9-23(10-12-25)16-26(18(2)27)15-19-5-3-4-6-21(19)23/h3-8,13H,9-12,14-16H2,1-2H3. The number of likely N-dealkylation sites (tertiary alicyclic amines) is 1. The van der Waals surface area contributed by atoms with Crippen molar-refractivity contribution >= 4 is 5.91 Å². The first-order valence-corrected chi connectivity index (χ1v) is 9.78. The van der Waals surface area contributed by atoms with Crippen LogP contribution < -0.4 is 0 Å². The fourth-order valence-corrected chi connectivity index (χ4v) is 4.74. The molecule has 2 aromatic carbocycles. The van der Waals surface area contributed by atoms with Crippen molar-refractivity contribution in [2.24, 2.45) is 0 Å². The molecule has 0 saturated carbocycles. The Labute approximate surface area is 160 Å². The van der Waals surface area contributed by atoms with Crippen molar-refractivity contribution in [1.82, 2.24) is 9.80 Å². The molecule has 4 rings (SSSR count). The minimum atomic E-state index is -0.119. The van der Waals surface area contributed by atoms with Gasteiger partial charge in [0.25, 0.3) is 0 Å². The first-order chi connectivity index (χ1) is 13.0. The van der Waals surface area contributed by atoms with E-state index >= 15 is 0 Å². The topological polar surface area (TPSA) is 23.6 Å². The molecule has 1 fully saturated rings. The molecule has 2 aromatic rings. The van der Waals surface area contributed by atoms with Crippen molar-refractivity contribution in [2.75, 3.05) is 19.6 Å². The van der Waals surface area contributed by atoms with E-state index in [1.54, 1.807) is 13.0 Å². The SMILES string of the molecule is CC(=O)N1Cc2ccccc2C2(CCN(Cc3cc(C)ccc3F)CC2)C1. The van der Waals surface area contributed by atoms with Gasteiger partial charge in [0.1, 0.15) is 5.82 Å². The van der Waals surface area contributed by atoms with E-state index in [1.165, 1.54) is 11.1 Å². The van der Waals surface area contributed by atoms with E-state index in [0.717, 1.165) is 43.6 Å². The minimum absolute atomic E-state index is 0.0299. The van der Waals surface area contributed by atoms with Crippen molar-refractivity contribution in [2.45, 2.75) is 45.2 Å². The lowest BCUT2D eigenvalue weighted by Crippen LogP contribution is -2.52. The second-order valence-electron chi connectivity index (χ2n) is 8.18. The molecule has 0 aromatic heterocycles. The third-order valence-electron chi connectivity index (χ3n) is 6.30. The Balaban J connectivity index is 1.53. The summed E-state index contributed by atoms with van der Waals surface area (Å²) in [7, 11) is 0. The Morgan fingerprint density at radius 1 is 1.15 bits per heavy atom. The number of carbonyl (C=O) groups is 1. The second-order valence-corrected chi connectivity index (χ2v) is 8.18. The summed E-state index contributed by atoms with van der Waals surface area (Å²) in [4.78, 5) is 16.4. The zero-order chi connectivity index (χ0) is 19.0. The van der Waals surface area contributed by atoms with Crippen LogP contribution in [0.1, 0.15) is 42.0 Å². The number of rotatable bonds is 2. The van der Waals surface area contributed by atoms with Crippen LogP contribution in [0.2, 0.25) is 0 Å². The zero-order valence-electron chi connectivity index (χ0n) is 16.2. The summed E-state index contributed by atoms with van der Waals surface area (Å²) in [5.74, 6) is 0.0276. The summed E-state index contributed by atoms with van der Waals surface area (Å²) < 4.78 is 14.1. The molecule has 2 heterocycles. The average Bonchev–Trinajstić information content (AvgIpc) is 2.66. The van der Waals surface area contributed by atoms with E-state index < -0.39 is 0 Å². The highest BCUT2D eigenvalue weighted by Crippen LogP contribution is 2.42. The molecular weight excluding hydrogens is 339 g/mol. The van der Waals surface area contributed by atoms with Crippen LogP contribution in [0.4, 0.5) is 4.39 Å². The number of amides is 1. The maximum Gasteiger partial charge on any atom is 0.219 e. The van der Waals surface area contributed by atoms with Crippen LogP contribution in [0.15, 0.2) is 42.5 Å². The Hall–Kier alpha value is -2.20. The van der Waals surface area contributed by atoms with Gasteiger partial charge in [-0.1, -0.05) is 42.0 Å². The Morgan fingerprint density at radius 2 is 1.89 bits per heavy atom. The lowest BCUT2D eigenvalue weighted by atomic mass is 9.69. The van der Waals surface area contributed by atoms with Crippen molar-refractivity contribution in [3.63, 3.8) is 0 Å². The molecular formula is C23H27FN2O. The molecule has 2 aliphatic rings. The molecule has 0 unspecified atom stereocenters. The molecule has 0 bridgehead atoms. The quantitative estimate of drug-likeness (QED) is 0.801. The van der Waals surface area contributed by atoms with E-state index in [-0.39, 0.29) is 17.1 Å². The van der Waals surface area contributed by atoms with Crippen molar-refractivity contribution < 1.29 is 9.18 Å². The van der Waals surface area contributed by atoms with Gasteiger partial charge in [0.2, 0.25) is 5.91 Å². The average molecular weight is 366 g/mol. The zero-order valence-corrected chi connectivity index (χ0v) is 16.2. The smallest absolute Gasteiger partial charge is 0.219 e. The van der Waals surface area contributed by atoms with Crippen LogP contribution in [-0.2, 0) is 23.3 Å². The molecule has 4 heteroatoms. The van der Waals surface area contributed by atoms with Crippen molar-refractivity contribution in [3.8, 4) is 0 Å². The van der Waals surface area contributed by atoms with Crippen LogP contribution in [-0.4, -0.2) is 35.3 Å². The van der Waals surface area contributed by atoms with E-state index in [0.29, 0.717) is 13.1 Å². The molecule has 142 valence electrons. The van der Waals surface area contributed by atoms with Crippen LogP contribution in [0.25, 0.3) is 0 Å². The van der Waals surface area contributed by atoms with Crippen LogP contribution in [0.3, 0.4) is 0 Å². The third kappa shape index (κ3) is 3.51. The lowest BCUT2D eigenvalue weighted by molar-refractivity contribution is -0.131. The summed E-state index contributed by atoms with van der Waals surface area (Å²) >= 11 is 0. The molecule has 0 aliphatic carbocycles. The van der Waals surface area contributed by atoms with Crippen molar-refractivity contribution in [1.29, 1.82) is 0 Å². The number of piperidine rings is 1. The van der Waals surface area contributed by atoms with Crippen LogP contribution in [0.5, 0.6) is 0 Å². The molecule has 0 N–H and O–H groups in total. The number of hydrogen-bond donors (Lipinski definition) is 0. The van der Waals surface area contributed by atoms with Gasteiger partial charge in [-0.15, -0.1) is 0 Å². The fraction of sp³-hybridized carbons (Fsp3) is 0.435. The van der Waals surface area contributed by atoms with Gasteiger partial charge >= 0.3 is 0 Å². The number of halogens is 1. The first kappa shape index (κ1) is 18.2. The van der Waals surface area contributed by atoms with Gasteiger partial charge in [0.15, 0.2) is 0 Å². The van der Waals surface area contributed by atoms with Crippen LogP contribution in [0, 0.1) is 12.7 Å². The number of aryl methyl sites for hydroxylation is 1. The molecule has 3 nitrogen and oxygen atoms in total. The normalized spacial score (nSPS) is 19.1. The highest BCUT2D eigenvalue weighted by Gasteiger charge is 2.42. The Bertz CT molecular complexity index is 855. The number of hydrogen-bond acceptors (Lipinski definition) is 2.